The minimum Gasteiger partial charge on any atom is -0.486 e. The molecule has 3 fully saturated rings. The number of fused-ring (bicyclic) bond motifs is 2. The number of ether oxygens (including phenoxy) is 4. The molecule has 2 aliphatic carbocycles. The summed E-state index contributed by atoms with van der Waals surface area (Å²) in [7, 11) is 0. The Balaban J connectivity index is 0.843. The first-order valence-electron chi connectivity index (χ1n) is 14.5. The number of carbonyl (C=O) groups is 1. The maximum atomic E-state index is 12.9. The van der Waals surface area contributed by atoms with Crippen molar-refractivity contribution in [2.24, 2.45) is 11.3 Å². The second-order valence-corrected chi connectivity index (χ2v) is 11.9. The van der Waals surface area contributed by atoms with Crippen LogP contribution in [-0.4, -0.2) is 56.5 Å². The molecule has 7 rings (SSSR count). The van der Waals surface area contributed by atoms with Crippen LogP contribution in [0.1, 0.15) is 73.2 Å². The van der Waals surface area contributed by atoms with Crippen LogP contribution in [0.5, 0.6) is 23.0 Å². The highest BCUT2D eigenvalue weighted by Gasteiger charge is 2.55. The Hall–Kier alpha value is -2.93. The molecular weight excluding hydrogens is 480 g/mol. The topological polar surface area (TPSA) is 69.3 Å². The summed E-state index contributed by atoms with van der Waals surface area (Å²) in [6, 6.07) is 12.1. The van der Waals surface area contributed by atoms with Gasteiger partial charge in [-0.15, -0.1) is 0 Å². The van der Waals surface area contributed by atoms with Gasteiger partial charge in [0.2, 0.25) is 6.79 Å². The Bertz CT molecular complexity index is 1180. The Labute approximate surface area is 224 Å². The lowest BCUT2D eigenvalue weighted by molar-refractivity contribution is 0.0937. The van der Waals surface area contributed by atoms with Gasteiger partial charge in [0.05, 0.1) is 0 Å². The quantitative estimate of drug-likeness (QED) is 0.572. The van der Waals surface area contributed by atoms with Gasteiger partial charge in [0.25, 0.3) is 5.91 Å². The van der Waals surface area contributed by atoms with E-state index >= 15 is 0 Å². The maximum absolute atomic E-state index is 12.9. The van der Waals surface area contributed by atoms with E-state index in [2.05, 4.69) is 22.3 Å². The molecule has 0 unspecified atom stereocenters. The first-order chi connectivity index (χ1) is 18.7. The van der Waals surface area contributed by atoms with E-state index in [9.17, 15) is 4.79 Å². The summed E-state index contributed by atoms with van der Waals surface area (Å²) < 4.78 is 22.6. The number of amides is 1. The van der Waals surface area contributed by atoms with Crippen molar-refractivity contribution in [3.63, 3.8) is 0 Å². The number of likely N-dealkylation sites (tertiary alicyclic amines) is 1. The molecule has 1 amide bonds. The zero-order chi connectivity index (χ0) is 25.5. The molecule has 7 nitrogen and oxygen atoms in total. The van der Waals surface area contributed by atoms with E-state index in [0.717, 1.165) is 29.6 Å². The van der Waals surface area contributed by atoms with Crippen LogP contribution in [0.25, 0.3) is 0 Å². The van der Waals surface area contributed by atoms with E-state index in [-0.39, 0.29) is 5.91 Å². The SMILES string of the molecule is O=C(N[C@H]1CC12CCC(CCN1CCC(c3cccc4c3OCO4)CC1)CC2)c1ccc2c(c1)OCCO2. The van der Waals surface area contributed by atoms with Gasteiger partial charge in [-0.2, -0.15) is 0 Å². The van der Waals surface area contributed by atoms with Gasteiger partial charge in [0.1, 0.15) is 13.2 Å². The Morgan fingerprint density at radius 1 is 0.921 bits per heavy atom. The minimum absolute atomic E-state index is 0.00826. The van der Waals surface area contributed by atoms with Crippen molar-refractivity contribution < 1.29 is 23.7 Å². The van der Waals surface area contributed by atoms with Crippen molar-refractivity contribution in [1.82, 2.24) is 10.2 Å². The third-order valence-corrected chi connectivity index (χ3v) is 9.71. The van der Waals surface area contributed by atoms with Crippen LogP contribution < -0.4 is 24.3 Å². The highest BCUT2D eigenvalue weighted by molar-refractivity contribution is 5.95. The number of nitrogens with zero attached hydrogens (tertiary/aromatic N) is 1. The molecule has 1 atom stereocenters. The van der Waals surface area contributed by atoms with Crippen LogP contribution in [0.15, 0.2) is 36.4 Å². The molecule has 0 bridgehead atoms. The maximum Gasteiger partial charge on any atom is 0.251 e. The van der Waals surface area contributed by atoms with Crippen LogP contribution in [0.3, 0.4) is 0 Å². The fraction of sp³-hybridized carbons (Fsp3) is 0.581. The average molecular weight is 519 g/mol. The monoisotopic (exact) mass is 518 g/mol. The summed E-state index contributed by atoms with van der Waals surface area (Å²) in [5.74, 6) is 4.67. The number of piperidine rings is 1. The van der Waals surface area contributed by atoms with Crippen molar-refractivity contribution in [2.45, 2.75) is 63.3 Å². The zero-order valence-electron chi connectivity index (χ0n) is 22.1. The molecule has 2 aromatic carbocycles. The van der Waals surface area contributed by atoms with Gasteiger partial charge in [0, 0.05) is 17.2 Å². The second kappa shape index (κ2) is 9.99. The van der Waals surface area contributed by atoms with Crippen LogP contribution >= 0.6 is 0 Å². The molecule has 202 valence electrons. The normalized spacial score (nSPS) is 28.3. The summed E-state index contributed by atoms with van der Waals surface area (Å²) in [5.41, 5.74) is 2.32. The van der Waals surface area contributed by atoms with Gasteiger partial charge in [-0.25, -0.2) is 0 Å². The van der Waals surface area contributed by atoms with Gasteiger partial charge in [-0.3, -0.25) is 4.79 Å². The van der Waals surface area contributed by atoms with Gasteiger partial charge in [-0.1, -0.05) is 12.1 Å². The van der Waals surface area contributed by atoms with E-state index in [0.29, 0.717) is 48.7 Å². The Morgan fingerprint density at radius 2 is 1.74 bits per heavy atom. The van der Waals surface area contributed by atoms with E-state index < -0.39 is 0 Å². The van der Waals surface area contributed by atoms with Crippen molar-refractivity contribution in [2.75, 3.05) is 39.6 Å². The molecule has 5 aliphatic rings. The van der Waals surface area contributed by atoms with Crippen LogP contribution in [0, 0.1) is 11.3 Å². The van der Waals surface area contributed by atoms with E-state index in [1.165, 1.54) is 70.1 Å². The Kier molecular flexibility index (Phi) is 6.35. The molecule has 0 aromatic heterocycles. The molecule has 0 radical (unpaired) electrons. The van der Waals surface area contributed by atoms with Crippen LogP contribution in [-0.2, 0) is 0 Å². The number of benzene rings is 2. The Morgan fingerprint density at radius 3 is 2.58 bits per heavy atom. The smallest absolute Gasteiger partial charge is 0.251 e. The summed E-state index contributed by atoms with van der Waals surface area (Å²) in [6.45, 7) is 4.98. The summed E-state index contributed by atoms with van der Waals surface area (Å²) >= 11 is 0. The molecule has 3 aliphatic heterocycles. The lowest BCUT2D eigenvalue weighted by Gasteiger charge is -2.35. The second-order valence-electron chi connectivity index (χ2n) is 11.9. The molecule has 38 heavy (non-hydrogen) atoms. The minimum atomic E-state index is 0.00826. The largest absolute Gasteiger partial charge is 0.486 e. The third kappa shape index (κ3) is 4.70. The standard InChI is InChI=1S/C31H38N2O5/c34-30(23-4-5-25-27(18-23)36-17-16-35-25)32-28-19-31(28)11-6-21(7-12-31)8-13-33-14-9-22(10-15-33)24-2-1-3-26-29(24)38-20-37-26/h1-5,18,21-22,28H,6-17,19-20H2,(H,32,34)/t21?,28-,31?/m0/s1. The number of rotatable bonds is 6. The molecule has 1 saturated heterocycles. The molecule has 1 N–H and O–H groups in total. The van der Waals surface area contributed by atoms with E-state index in [1.807, 2.05) is 24.3 Å². The lowest BCUT2D eigenvalue weighted by atomic mass is 9.78. The molecule has 1 spiro atoms. The zero-order valence-corrected chi connectivity index (χ0v) is 22.1. The molecule has 2 saturated carbocycles. The number of hydrogen-bond acceptors (Lipinski definition) is 6. The number of hydrogen-bond donors (Lipinski definition) is 1. The van der Waals surface area contributed by atoms with Crippen LogP contribution in [0.2, 0.25) is 0 Å². The summed E-state index contributed by atoms with van der Waals surface area (Å²) in [6.07, 6.45) is 9.88. The third-order valence-electron chi connectivity index (χ3n) is 9.71. The number of nitrogens with one attached hydrogen (secondary N) is 1. The van der Waals surface area contributed by atoms with Crippen molar-refractivity contribution in [3.05, 3.63) is 47.5 Å². The van der Waals surface area contributed by atoms with Crippen LogP contribution in [0.4, 0.5) is 0 Å². The van der Waals surface area contributed by atoms with Gasteiger partial charge in [0.15, 0.2) is 23.0 Å². The van der Waals surface area contributed by atoms with Crippen molar-refractivity contribution in [1.29, 1.82) is 0 Å². The lowest BCUT2D eigenvalue weighted by Crippen LogP contribution is -2.35. The van der Waals surface area contributed by atoms with Crippen molar-refractivity contribution >= 4 is 5.91 Å². The predicted molar refractivity (Wildman–Crippen MR) is 143 cm³/mol. The average Bonchev–Trinajstić information content (AvgIpc) is 3.37. The highest BCUT2D eigenvalue weighted by atomic mass is 16.7. The van der Waals surface area contributed by atoms with Gasteiger partial charge < -0.3 is 29.2 Å². The first kappa shape index (κ1) is 24.1. The molecule has 3 heterocycles. The fourth-order valence-corrected chi connectivity index (χ4v) is 7.18. The van der Waals surface area contributed by atoms with Gasteiger partial charge >= 0.3 is 0 Å². The summed E-state index contributed by atoms with van der Waals surface area (Å²) in [5, 5.41) is 3.31. The van der Waals surface area contributed by atoms with E-state index in [1.54, 1.807) is 0 Å². The molecule has 7 heteroatoms. The van der Waals surface area contributed by atoms with Crippen molar-refractivity contribution in [3.8, 4) is 23.0 Å². The van der Waals surface area contributed by atoms with Gasteiger partial charge in [-0.05, 0) is 113 Å². The predicted octanol–water partition coefficient (Wildman–Crippen LogP) is 5.13. The number of carbonyl (C=O) groups excluding carboxylic acids is 1. The summed E-state index contributed by atoms with van der Waals surface area (Å²) in [4.78, 5) is 15.6. The fourth-order valence-electron chi connectivity index (χ4n) is 7.18. The molecular formula is C31H38N2O5. The molecule has 2 aromatic rings. The van der Waals surface area contributed by atoms with E-state index in [4.69, 9.17) is 18.9 Å². The highest BCUT2D eigenvalue weighted by Crippen LogP contribution is 2.57. The first-order valence-corrected chi connectivity index (χ1v) is 14.5. The number of para-hydroxylation sites is 1.